The molecule has 1 aliphatic rings. The summed E-state index contributed by atoms with van der Waals surface area (Å²) in [6.07, 6.45) is -3.27. The van der Waals surface area contributed by atoms with E-state index >= 15 is 0 Å². The van der Waals surface area contributed by atoms with Crippen LogP contribution in [0.15, 0.2) is 0 Å². The number of halogens is 1. The topological polar surface area (TPSA) is 44.8 Å². The maximum Gasteiger partial charge on any atom is 0.344 e. The van der Waals surface area contributed by atoms with Crippen LogP contribution < -0.4 is 0 Å². The standard InChI is InChI=1S/C17H35FO4Si2/c1-16(2,3)23(7,8)20-11-12-14(13(18)15(19)21-12)22-24(9,10)17(4,5)6/h12-14H,11H2,1-10H3/t12-,13+,14?/m1/s1. The maximum atomic E-state index is 14.4. The molecular weight excluding hydrogens is 343 g/mol. The Morgan fingerprint density at radius 2 is 1.46 bits per heavy atom. The highest BCUT2D eigenvalue weighted by Crippen LogP contribution is 2.40. The minimum absolute atomic E-state index is 0.0422. The van der Waals surface area contributed by atoms with E-state index in [1.807, 2.05) is 13.1 Å². The van der Waals surface area contributed by atoms with Gasteiger partial charge in [-0.05, 0) is 36.3 Å². The number of cyclic esters (lactones) is 1. The second kappa shape index (κ2) is 6.81. The van der Waals surface area contributed by atoms with Gasteiger partial charge >= 0.3 is 5.97 Å². The Bertz CT molecular complexity index is 466. The zero-order chi connectivity index (χ0) is 19.1. The minimum atomic E-state index is -2.21. The second-order valence-corrected chi connectivity index (χ2v) is 19.4. The first-order valence-electron chi connectivity index (χ1n) is 8.66. The van der Waals surface area contributed by atoms with E-state index in [-0.39, 0.29) is 16.7 Å². The highest BCUT2D eigenvalue weighted by molar-refractivity contribution is 6.74. The van der Waals surface area contributed by atoms with Crippen molar-refractivity contribution in [2.24, 2.45) is 0 Å². The van der Waals surface area contributed by atoms with Crippen molar-refractivity contribution in [1.82, 2.24) is 0 Å². The highest BCUT2D eigenvalue weighted by atomic mass is 28.4. The molecule has 1 fully saturated rings. The molecule has 1 saturated heterocycles. The molecule has 1 heterocycles. The third kappa shape index (κ3) is 4.68. The summed E-state index contributed by atoms with van der Waals surface area (Å²) >= 11 is 0. The molecule has 1 rings (SSSR count). The summed E-state index contributed by atoms with van der Waals surface area (Å²) < 4.78 is 31.9. The van der Waals surface area contributed by atoms with E-state index in [9.17, 15) is 9.18 Å². The Labute approximate surface area is 148 Å². The van der Waals surface area contributed by atoms with Gasteiger partial charge in [-0.25, -0.2) is 9.18 Å². The monoisotopic (exact) mass is 378 g/mol. The van der Waals surface area contributed by atoms with E-state index in [1.54, 1.807) is 0 Å². The summed E-state index contributed by atoms with van der Waals surface area (Å²) in [5.74, 6) is -0.831. The Kier molecular flexibility index (Phi) is 6.19. The number of hydrogen-bond acceptors (Lipinski definition) is 4. The van der Waals surface area contributed by atoms with Gasteiger partial charge in [-0.1, -0.05) is 41.5 Å². The van der Waals surface area contributed by atoms with Crippen molar-refractivity contribution < 1.29 is 22.8 Å². The summed E-state index contributed by atoms with van der Waals surface area (Å²) in [7, 11) is -4.21. The number of esters is 1. The Morgan fingerprint density at radius 1 is 1.00 bits per heavy atom. The third-order valence-corrected chi connectivity index (χ3v) is 14.8. The molecule has 0 bridgehead atoms. The van der Waals surface area contributed by atoms with Crippen molar-refractivity contribution in [3.8, 4) is 0 Å². The first kappa shape index (κ1) is 21.8. The van der Waals surface area contributed by atoms with Crippen LogP contribution in [-0.2, 0) is 18.4 Å². The van der Waals surface area contributed by atoms with Crippen molar-refractivity contribution in [2.75, 3.05) is 6.61 Å². The van der Waals surface area contributed by atoms with Crippen molar-refractivity contribution >= 4 is 22.6 Å². The van der Waals surface area contributed by atoms with Crippen molar-refractivity contribution in [2.45, 2.75) is 96.2 Å². The molecule has 4 nitrogen and oxygen atoms in total. The van der Waals surface area contributed by atoms with E-state index in [2.05, 4.69) is 54.6 Å². The lowest BCUT2D eigenvalue weighted by Gasteiger charge is -2.40. The van der Waals surface area contributed by atoms with Gasteiger partial charge in [0.15, 0.2) is 22.7 Å². The molecule has 0 spiro atoms. The van der Waals surface area contributed by atoms with Gasteiger partial charge in [-0.15, -0.1) is 0 Å². The van der Waals surface area contributed by atoms with Crippen LogP contribution in [0.5, 0.6) is 0 Å². The van der Waals surface area contributed by atoms with Crippen LogP contribution in [0.1, 0.15) is 41.5 Å². The van der Waals surface area contributed by atoms with E-state index < -0.39 is 41.0 Å². The zero-order valence-corrected chi connectivity index (χ0v) is 19.0. The average Bonchev–Trinajstić information content (AvgIpc) is 2.61. The number of hydrogen-bond donors (Lipinski definition) is 0. The van der Waals surface area contributed by atoms with E-state index in [4.69, 9.17) is 13.6 Å². The molecule has 0 radical (unpaired) electrons. The molecular formula is C17H35FO4Si2. The van der Waals surface area contributed by atoms with Crippen molar-refractivity contribution in [3.05, 3.63) is 0 Å². The lowest BCUT2D eigenvalue weighted by Crippen LogP contribution is -2.50. The molecule has 24 heavy (non-hydrogen) atoms. The smallest absolute Gasteiger partial charge is 0.344 e. The van der Waals surface area contributed by atoms with E-state index in [1.165, 1.54) is 0 Å². The van der Waals surface area contributed by atoms with E-state index in [0.717, 1.165) is 0 Å². The largest absolute Gasteiger partial charge is 0.455 e. The van der Waals surface area contributed by atoms with Crippen LogP contribution in [0.4, 0.5) is 4.39 Å². The first-order valence-corrected chi connectivity index (χ1v) is 14.5. The molecule has 7 heteroatoms. The van der Waals surface area contributed by atoms with Crippen molar-refractivity contribution in [3.63, 3.8) is 0 Å². The Balaban J connectivity index is 2.88. The summed E-state index contributed by atoms with van der Waals surface area (Å²) in [4.78, 5) is 11.7. The predicted octanol–water partition coefficient (Wildman–Crippen LogP) is 4.66. The summed E-state index contributed by atoms with van der Waals surface area (Å²) in [5, 5.41) is -0.0241. The van der Waals surface area contributed by atoms with E-state index in [0.29, 0.717) is 0 Å². The summed E-state index contributed by atoms with van der Waals surface area (Å²) in [5.41, 5.74) is 0. The van der Waals surface area contributed by atoms with Gasteiger partial charge in [0, 0.05) is 0 Å². The molecule has 0 aromatic heterocycles. The average molecular weight is 379 g/mol. The molecule has 142 valence electrons. The van der Waals surface area contributed by atoms with Gasteiger partial charge in [-0.3, -0.25) is 0 Å². The molecule has 0 saturated carbocycles. The van der Waals surface area contributed by atoms with Gasteiger partial charge in [-0.2, -0.15) is 0 Å². The molecule has 0 aliphatic carbocycles. The fourth-order valence-corrected chi connectivity index (χ4v) is 4.21. The fraction of sp³-hybridized carbons (Fsp3) is 0.941. The molecule has 0 N–H and O–H groups in total. The van der Waals surface area contributed by atoms with Crippen LogP contribution in [-0.4, -0.2) is 47.6 Å². The van der Waals surface area contributed by atoms with Crippen LogP contribution in [0, 0.1) is 0 Å². The van der Waals surface area contributed by atoms with Gasteiger partial charge in [0.25, 0.3) is 0 Å². The normalized spacial score (nSPS) is 26.6. The van der Waals surface area contributed by atoms with Crippen molar-refractivity contribution in [1.29, 1.82) is 0 Å². The number of carbonyl (C=O) groups excluding carboxylic acids is 1. The number of alkyl halides is 1. The lowest BCUT2D eigenvalue weighted by atomic mass is 10.2. The lowest BCUT2D eigenvalue weighted by molar-refractivity contribution is -0.145. The maximum absolute atomic E-state index is 14.4. The molecule has 0 amide bonds. The number of ether oxygens (including phenoxy) is 1. The number of carbonyl (C=O) groups is 1. The molecule has 1 unspecified atom stereocenters. The minimum Gasteiger partial charge on any atom is -0.455 e. The third-order valence-electron chi connectivity index (χ3n) is 5.80. The van der Waals surface area contributed by atoms with Crippen LogP contribution >= 0.6 is 0 Å². The number of rotatable bonds is 5. The molecule has 1 aliphatic heterocycles. The fourth-order valence-electron chi connectivity index (χ4n) is 1.89. The van der Waals surface area contributed by atoms with Gasteiger partial charge in [0.2, 0.25) is 6.17 Å². The van der Waals surface area contributed by atoms with Gasteiger partial charge < -0.3 is 13.6 Å². The second-order valence-electron chi connectivity index (χ2n) is 9.79. The van der Waals surface area contributed by atoms with Crippen LogP contribution in [0.25, 0.3) is 0 Å². The Hall–Kier alpha value is -0.246. The summed E-state index contributed by atoms with van der Waals surface area (Å²) in [6.45, 7) is 21.2. The van der Waals surface area contributed by atoms with Gasteiger partial charge in [0.05, 0.1) is 6.61 Å². The molecule has 0 aromatic rings. The van der Waals surface area contributed by atoms with Gasteiger partial charge in [0.1, 0.15) is 6.10 Å². The first-order chi connectivity index (χ1) is 10.5. The molecule has 3 atom stereocenters. The predicted molar refractivity (Wildman–Crippen MR) is 100.0 cm³/mol. The quantitative estimate of drug-likeness (QED) is 0.515. The summed E-state index contributed by atoms with van der Waals surface area (Å²) in [6, 6.07) is 0. The molecule has 0 aromatic carbocycles. The Morgan fingerprint density at radius 3 is 1.88 bits per heavy atom. The van der Waals surface area contributed by atoms with Crippen LogP contribution in [0.3, 0.4) is 0 Å². The zero-order valence-electron chi connectivity index (χ0n) is 17.0. The SMILES string of the molecule is CC(C)(C)[Si](C)(C)OC[C@H]1OC(=O)[C@@H](F)C1O[Si](C)(C)C(C)(C)C. The highest BCUT2D eigenvalue weighted by Gasteiger charge is 2.51. The van der Waals surface area contributed by atoms with Crippen LogP contribution in [0.2, 0.25) is 36.3 Å².